The smallest absolute Gasteiger partial charge is 0.146 e. The molecule has 2 rings (SSSR count). The van der Waals surface area contributed by atoms with E-state index in [1.165, 1.54) is 0 Å². The van der Waals surface area contributed by atoms with Crippen molar-refractivity contribution in [2.45, 2.75) is 13.5 Å². The van der Waals surface area contributed by atoms with E-state index < -0.39 is 0 Å². The van der Waals surface area contributed by atoms with Crippen LogP contribution in [0.5, 0.6) is 5.75 Å². The van der Waals surface area contributed by atoms with E-state index in [0.717, 1.165) is 11.1 Å². The van der Waals surface area contributed by atoms with Gasteiger partial charge in [0, 0.05) is 11.8 Å². The van der Waals surface area contributed by atoms with Gasteiger partial charge < -0.3 is 10.2 Å². The van der Waals surface area contributed by atoms with Gasteiger partial charge in [-0.1, -0.05) is 23.7 Å². The van der Waals surface area contributed by atoms with Crippen molar-refractivity contribution in [1.29, 1.82) is 0 Å². The van der Waals surface area contributed by atoms with Crippen molar-refractivity contribution in [3.05, 3.63) is 52.7 Å². The highest BCUT2D eigenvalue weighted by Crippen LogP contribution is 2.26. The van der Waals surface area contributed by atoms with Crippen LogP contribution in [0.4, 0.5) is 5.82 Å². The Morgan fingerprint density at radius 3 is 2.94 bits per heavy atom. The van der Waals surface area contributed by atoms with E-state index in [1.54, 1.807) is 6.20 Å². The van der Waals surface area contributed by atoms with Crippen LogP contribution in [0.25, 0.3) is 0 Å². The third kappa shape index (κ3) is 2.91. The van der Waals surface area contributed by atoms with E-state index in [4.69, 9.17) is 22.2 Å². The molecule has 0 aliphatic rings. The molecular formula is C13H14ClN3O. The summed E-state index contributed by atoms with van der Waals surface area (Å²) < 4.78 is 5.65. The van der Waals surface area contributed by atoms with Gasteiger partial charge in [-0.25, -0.2) is 10.8 Å². The van der Waals surface area contributed by atoms with Gasteiger partial charge >= 0.3 is 0 Å². The fraction of sp³-hybridized carbons (Fsp3) is 0.154. The standard InChI is InChI=1S/C13H14ClN3O/c1-9-4-5-12(11(14)7-9)18-8-10-3-2-6-16-13(10)17-15/h2-7H,8,15H2,1H3,(H,16,17). The lowest BCUT2D eigenvalue weighted by Gasteiger charge is -2.11. The van der Waals surface area contributed by atoms with Gasteiger partial charge in [0.25, 0.3) is 0 Å². The fourth-order valence-corrected chi connectivity index (χ4v) is 1.85. The summed E-state index contributed by atoms with van der Waals surface area (Å²) in [6, 6.07) is 9.39. The second-order valence-corrected chi connectivity index (χ2v) is 4.29. The quantitative estimate of drug-likeness (QED) is 0.658. The van der Waals surface area contributed by atoms with Crippen LogP contribution in [0.3, 0.4) is 0 Å². The van der Waals surface area contributed by atoms with Crippen molar-refractivity contribution in [2.75, 3.05) is 5.43 Å². The number of ether oxygens (including phenoxy) is 1. The lowest BCUT2D eigenvalue weighted by molar-refractivity contribution is 0.306. The Bertz CT molecular complexity index is 546. The molecule has 0 atom stereocenters. The van der Waals surface area contributed by atoms with Gasteiger partial charge in [0.05, 0.1) is 5.02 Å². The minimum absolute atomic E-state index is 0.357. The Morgan fingerprint density at radius 2 is 2.22 bits per heavy atom. The number of anilines is 1. The Hall–Kier alpha value is -1.78. The molecule has 0 spiro atoms. The molecule has 3 N–H and O–H groups in total. The highest BCUT2D eigenvalue weighted by molar-refractivity contribution is 6.32. The predicted molar refractivity (Wildman–Crippen MR) is 72.6 cm³/mol. The number of hydrazine groups is 1. The fourth-order valence-electron chi connectivity index (χ4n) is 1.56. The molecule has 5 heteroatoms. The number of nitrogens with two attached hydrogens (primary N) is 1. The molecule has 1 aromatic carbocycles. The number of halogens is 1. The monoisotopic (exact) mass is 263 g/mol. The molecule has 0 unspecified atom stereocenters. The molecule has 94 valence electrons. The molecule has 0 saturated carbocycles. The van der Waals surface area contributed by atoms with Gasteiger partial charge in [0.15, 0.2) is 0 Å². The van der Waals surface area contributed by atoms with Crippen LogP contribution in [0.2, 0.25) is 5.02 Å². The number of nitrogens with one attached hydrogen (secondary N) is 1. The average Bonchev–Trinajstić information content (AvgIpc) is 2.38. The molecule has 0 aliphatic heterocycles. The van der Waals surface area contributed by atoms with Gasteiger partial charge in [0.1, 0.15) is 18.2 Å². The van der Waals surface area contributed by atoms with Crippen LogP contribution in [-0.4, -0.2) is 4.98 Å². The number of nitrogens with zero attached hydrogens (tertiary/aromatic N) is 1. The van der Waals surface area contributed by atoms with Gasteiger partial charge in [-0.15, -0.1) is 0 Å². The minimum Gasteiger partial charge on any atom is -0.487 e. The first-order valence-corrected chi connectivity index (χ1v) is 5.88. The molecule has 0 fully saturated rings. The SMILES string of the molecule is Cc1ccc(OCc2cccnc2NN)c(Cl)c1. The van der Waals surface area contributed by atoms with Gasteiger partial charge in [-0.3, -0.25) is 0 Å². The van der Waals surface area contributed by atoms with E-state index in [9.17, 15) is 0 Å². The minimum atomic E-state index is 0.357. The zero-order valence-electron chi connectivity index (χ0n) is 9.98. The van der Waals surface area contributed by atoms with Crippen LogP contribution in [-0.2, 0) is 6.61 Å². The summed E-state index contributed by atoms with van der Waals surface area (Å²) >= 11 is 6.09. The number of aryl methyl sites for hydroxylation is 1. The lowest BCUT2D eigenvalue weighted by Crippen LogP contribution is -2.12. The van der Waals surface area contributed by atoms with Crippen LogP contribution >= 0.6 is 11.6 Å². The summed E-state index contributed by atoms with van der Waals surface area (Å²) in [5, 5.41) is 0.598. The molecule has 0 saturated heterocycles. The van der Waals surface area contributed by atoms with E-state index in [2.05, 4.69) is 10.4 Å². The van der Waals surface area contributed by atoms with Crippen molar-refractivity contribution in [2.24, 2.45) is 5.84 Å². The van der Waals surface area contributed by atoms with Crippen LogP contribution < -0.4 is 16.0 Å². The maximum atomic E-state index is 6.09. The summed E-state index contributed by atoms with van der Waals surface area (Å²) in [4.78, 5) is 4.10. The molecule has 1 heterocycles. The molecule has 0 bridgehead atoms. The van der Waals surface area contributed by atoms with E-state index in [0.29, 0.717) is 23.2 Å². The number of nitrogen functional groups attached to an aromatic ring is 1. The Labute approximate surface area is 111 Å². The van der Waals surface area contributed by atoms with Crippen molar-refractivity contribution in [1.82, 2.24) is 4.98 Å². The largest absolute Gasteiger partial charge is 0.487 e. The number of rotatable bonds is 4. The van der Waals surface area contributed by atoms with Crippen molar-refractivity contribution in [3.8, 4) is 5.75 Å². The Kier molecular flexibility index (Phi) is 4.02. The van der Waals surface area contributed by atoms with Crippen LogP contribution in [0.1, 0.15) is 11.1 Å². The topological polar surface area (TPSA) is 60.2 Å². The molecular weight excluding hydrogens is 250 g/mol. The molecule has 2 aromatic rings. The first kappa shape index (κ1) is 12.7. The number of benzene rings is 1. The highest BCUT2D eigenvalue weighted by Gasteiger charge is 2.05. The van der Waals surface area contributed by atoms with Gasteiger partial charge in [0.2, 0.25) is 0 Å². The summed E-state index contributed by atoms with van der Waals surface area (Å²) in [6.45, 7) is 2.34. The summed E-state index contributed by atoms with van der Waals surface area (Å²) in [7, 11) is 0. The van der Waals surface area contributed by atoms with Crippen LogP contribution in [0.15, 0.2) is 36.5 Å². The molecule has 0 aliphatic carbocycles. The zero-order valence-corrected chi connectivity index (χ0v) is 10.7. The second kappa shape index (κ2) is 5.71. The molecule has 18 heavy (non-hydrogen) atoms. The number of aromatic nitrogens is 1. The van der Waals surface area contributed by atoms with E-state index in [-0.39, 0.29) is 0 Å². The maximum Gasteiger partial charge on any atom is 0.146 e. The molecule has 0 radical (unpaired) electrons. The summed E-state index contributed by atoms with van der Waals surface area (Å²) in [5.41, 5.74) is 4.50. The van der Waals surface area contributed by atoms with Crippen LogP contribution in [0, 0.1) is 6.92 Å². The Morgan fingerprint density at radius 1 is 1.39 bits per heavy atom. The zero-order chi connectivity index (χ0) is 13.0. The molecule has 1 aromatic heterocycles. The van der Waals surface area contributed by atoms with Crippen molar-refractivity contribution in [3.63, 3.8) is 0 Å². The van der Waals surface area contributed by atoms with Gasteiger partial charge in [-0.05, 0) is 30.7 Å². The van der Waals surface area contributed by atoms with Crippen molar-refractivity contribution >= 4 is 17.4 Å². The van der Waals surface area contributed by atoms with E-state index >= 15 is 0 Å². The molecule has 4 nitrogen and oxygen atoms in total. The Balaban J connectivity index is 2.11. The third-order valence-corrected chi connectivity index (χ3v) is 2.79. The van der Waals surface area contributed by atoms with E-state index in [1.807, 2.05) is 37.3 Å². The lowest BCUT2D eigenvalue weighted by atomic mass is 10.2. The average molecular weight is 264 g/mol. The summed E-state index contributed by atoms with van der Waals surface area (Å²) in [6.07, 6.45) is 1.66. The first-order chi connectivity index (χ1) is 8.70. The number of hydrogen-bond acceptors (Lipinski definition) is 4. The van der Waals surface area contributed by atoms with Crippen molar-refractivity contribution < 1.29 is 4.74 Å². The molecule has 0 amide bonds. The number of pyridine rings is 1. The first-order valence-electron chi connectivity index (χ1n) is 5.50. The number of hydrogen-bond donors (Lipinski definition) is 2. The maximum absolute atomic E-state index is 6.09. The third-order valence-electron chi connectivity index (χ3n) is 2.50. The normalized spacial score (nSPS) is 10.2. The second-order valence-electron chi connectivity index (χ2n) is 3.88. The highest BCUT2D eigenvalue weighted by atomic mass is 35.5. The van der Waals surface area contributed by atoms with Gasteiger partial charge in [-0.2, -0.15) is 0 Å². The summed E-state index contributed by atoms with van der Waals surface area (Å²) in [5.74, 6) is 6.62. The predicted octanol–water partition coefficient (Wildman–Crippen LogP) is 2.91.